The molecule has 0 aliphatic heterocycles. The summed E-state index contributed by atoms with van der Waals surface area (Å²) in [5.41, 5.74) is 3.89. The highest BCUT2D eigenvalue weighted by atomic mass is 32.1. The molecular weight excluding hydrogens is 318 g/mol. The van der Waals surface area contributed by atoms with Crippen molar-refractivity contribution in [1.29, 1.82) is 5.26 Å². The molecule has 2 heterocycles. The molecule has 0 atom stereocenters. The van der Waals surface area contributed by atoms with E-state index in [4.69, 9.17) is 0 Å². The lowest BCUT2D eigenvalue weighted by Crippen LogP contribution is -2.24. The van der Waals surface area contributed by atoms with Gasteiger partial charge in [0.05, 0.1) is 5.56 Å². The predicted molar refractivity (Wildman–Crippen MR) is 98.4 cm³/mol. The van der Waals surface area contributed by atoms with E-state index in [1.54, 1.807) is 0 Å². The standard InChI is InChI=1S/C19H23N3OS/c1-4-14-11(2)16-15(10-20)18(24-19(16)21-12(14)3)22-17(23)13-8-6-5-7-9-13/h13H,4-9H2,1-3H3,(H,22,23). The molecule has 0 unspecified atom stereocenters. The molecular formula is C19H23N3OS. The van der Waals surface area contributed by atoms with Crippen molar-refractivity contribution in [2.24, 2.45) is 5.92 Å². The Hall–Kier alpha value is -1.93. The number of nitriles is 1. The molecule has 24 heavy (non-hydrogen) atoms. The van der Waals surface area contributed by atoms with E-state index in [1.807, 2.05) is 6.92 Å². The average molecular weight is 341 g/mol. The molecule has 1 aliphatic rings. The van der Waals surface area contributed by atoms with Crippen LogP contribution in [0.3, 0.4) is 0 Å². The lowest BCUT2D eigenvalue weighted by atomic mass is 9.89. The van der Waals surface area contributed by atoms with Crippen LogP contribution in [0.1, 0.15) is 61.4 Å². The van der Waals surface area contributed by atoms with Crippen molar-refractivity contribution in [1.82, 2.24) is 4.98 Å². The zero-order chi connectivity index (χ0) is 17.3. The summed E-state index contributed by atoms with van der Waals surface area (Å²) in [5, 5.41) is 14.3. The van der Waals surface area contributed by atoms with Gasteiger partial charge in [0.15, 0.2) is 0 Å². The number of thiophene rings is 1. The molecule has 5 heteroatoms. The summed E-state index contributed by atoms with van der Waals surface area (Å²) >= 11 is 1.42. The van der Waals surface area contributed by atoms with Gasteiger partial charge < -0.3 is 5.32 Å². The number of aryl methyl sites for hydroxylation is 2. The molecule has 0 aromatic carbocycles. The third-order valence-electron chi connectivity index (χ3n) is 5.10. The van der Waals surface area contributed by atoms with Gasteiger partial charge in [-0.25, -0.2) is 4.98 Å². The number of carbonyl (C=O) groups excluding carboxylic acids is 1. The number of nitrogens with one attached hydrogen (secondary N) is 1. The van der Waals surface area contributed by atoms with Gasteiger partial charge in [0.25, 0.3) is 0 Å². The predicted octanol–water partition coefficient (Wildman–Crippen LogP) is 4.87. The highest BCUT2D eigenvalue weighted by Crippen LogP contribution is 2.38. The summed E-state index contributed by atoms with van der Waals surface area (Å²) in [7, 11) is 0. The van der Waals surface area contributed by atoms with Crippen molar-refractivity contribution in [3.63, 3.8) is 0 Å². The molecule has 126 valence electrons. The molecule has 2 aromatic heterocycles. The highest BCUT2D eigenvalue weighted by molar-refractivity contribution is 7.23. The molecule has 1 N–H and O–H groups in total. The molecule has 0 spiro atoms. The van der Waals surface area contributed by atoms with Gasteiger partial charge in [-0.3, -0.25) is 4.79 Å². The Morgan fingerprint density at radius 1 is 1.33 bits per heavy atom. The van der Waals surface area contributed by atoms with Gasteiger partial charge in [-0.1, -0.05) is 37.5 Å². The third kappa shape index (κ3) is 2.91. The second-order valence-electron chi connectivity index (χ2n) is 6.58. The lowest BCUT2D eigenvalue weighted by Gasteiger charge is -2.20. The maximum absolute atomic E-state index is 12.6. The number of carbonyl (C=O) groups is 1. The molecule has 0 radical (unpaired) electrons. The minimum atomic E-state index is 0.0582. The van der Waals surface area contributed by atoms with Gasteiger partial charge in [-0.05, 0) is 44.2 Å². The maximum atomic E-state index is 12.6. The van der Waals surface area contributed by atoms with Crippen LogP contribution in [0.4, 0.5) is 5.00 Å². The number of pyridine rings is 1. The molecule has 1 amide bonds. The smallest absolute Gasteiger partial charge is 0.228 e. The molecule has 2 aromatic rings. The molecule has 1 fully saturated rings. The Kier molecular flexibility index (Phi) is 4.86. The van der Waals surface area contributed by atoms with E-state index in [0.717, 1.165) is 53.6 Å². The normalized spacial score (nSPS) is 15.4. The number of amides is 1. The van der Waals surface area contributed by atoms with E-state index in [1.165, 1.54) is 23.3 Å². The van der Waals surface area contributed by atoms with E-state index < -0.39 is 0 Å². The van der Waals surface area contributed by atoms with Crippen molar-refractivity contribution in [3.05, 3.63) is 22.4 Å². The quantitative estimate of drug-likeness (QED) is 0.866. The van der Waals surface area contributed by atoms with Gasteiger partial charge in [0.2, 0.25) is 5.91 Å². The Morgan fingerprint density at radius 2 is 2.04 bits per heavy atom. The number of fused-ring (bicyclic) bond motifs is 1. The van der Waals surface area contributed by atoms with Crippen molar-refractivity contribution < 1.29 is 4.79 Å². The highest BCUT2D eigenvalue weighted by Gasteiger charge is 2.24. The van der Waals surface area contributed by atoms with Crippen LogP contribution in [0.5, 0.6) is 0 Å². The zero-order valence-corrected chi connectivity index (χ0v) is 15.3. The van der Waals surface area contributed by atoms with E-state index in [2.05, 4.69) is 30.2 Å². The number of aromatic nitrogens is 1. The Bertz CT molecular complexity index is 825. The molecule has 1 saturated carbocycles. The fourth-order valence-electron chi connectivity index (χ4n) is 3.78. The molecule has 0 saturated heterocycles. The van der Waals surface area contributed by atoms with Gasteiger partial charge in [-0.15, -0.1) is 0 Å². The third-order valence-corrected chi connectivity index (χ3v) is 6.10. The molecule has 0 bridgehead atoms. The van der Waals surface area contributed by atoms with E-state index >= 15 is 0 Å². The van der Waals surface area contributed by atoms with Gasteiger partial charge in [0.1, 0.15) is 15.9 Å². The average Bonchev–Trinajstić information content (AvgIpc) is 2.93. The van der Waals surface area contributed by atoms with Crippen LogP contribution in [0.2, 0.25) is 0 Å². The minimum Gasteiger partial charge on any atom is -0.316 e. The first-order valence-corrected chi connectivity index (χ1v) is 9.52. The Morgan fingerprint density at radius 3 is 2.67 bits per heavy atom. The van der Waals surface area contributed by atoms with Crippen LogP contribution in [0.25, 0.3) is 10.2 Å². The van der Waals surface area contributed by atoms with Crippen molar-refractivity contribution >= 4 is 32.5 Å². The van der Waals surface area contributed by atoms with Gasteiger partial charge >= 0.3 is 0 Å². The van der Waals surface area contributed by atoms with E-state index in [9.17, 15) is 10.1 Å². The fraction of sp³-hybridized carbons (Fsp3) is 0.526. The second kappa shape index (κ2) is 6.90. The summed E-state index contributed by atoms with van der Waals surface area (Å²) in [6, 6.07) is 2.29. The van der Waals surface area contributed by atoms with Crippen molar-refractivity contribution in [2.45, 2.75) is 59.3 Å². The van der Waals surface area contributed by atoms with Gasteiger partial charge in [0, 0.05) is 17.0 Å². The zero-order valence-electron chi connectivity index (χ0n) is 14.5. The van der Waals surface area contributed by atoms with Crippen molar-refractivity contribution in [3.8, 4) is 6.07 Å². The topological polar surface area (TPSA) is 65.8 Å². The summed E-state index contributed by atoms with van der Waals surface area (Å²) in [5.74, 6) is 0.139. The van der Waals surface area contributed by atoms with Crippen LogP contribution >= 0.6 is 11.3 Å². The summed E-state index contributed by atoms with van der Waals surface area (Å²) in [6.45, 7) is 6.17. The Labute approximate surface area is 146 Å². The van der Waals surface area contributed by atoms with Crippen LogP contribution in [0.15, 0.2) is 0 Å². The van der Waals surface area contributed by atoms with E-state index in [-0.39, 0.29) is 11.8 Å². The number of rotatable bonds is 3. The van der Waals surface area contributed by atoms with E-state index in [0.29, 0.717) is 10.6 Å². The van der Waals surface area contributed by atoms with Gasteiger partial charge in [-0.2, -0.15) is 5.26 Å². The number of hydrogen-bond donors (Lipinski definition) is 1. The number of anilines is 1. The Balaban J connectivity index is 2.01. The first-order chi connectivity index (χ1) is 11.6. The minimum absolute atomic E-state index is 0.0582. The lowest BCUT2D eigenvalue weighted by molar-refractivity contribution is -0.120. The van der Waals surface area contributed by atoms with Crippen LogP contribution < -0.4 is 5.32 Å². The summed E-state index contributed by atoms with van der Waals surface area (Å²) in [4.78, 5) is 18.1. The first kappa shape index (κ1) is 16.9. The number of nitrogens with zero attached hydrogens (tertiary/aromatic N) is 2. The van der Waals surface area contributed by atoms with Crippen molar-refractivity contribution in [2.75, 3.05) is 5.32 Å². The first-order valence-electron chi connectivity index (χ1n) is 8.70. The maximum Gasteiger partial charge on any atom is 0.228 e. The van der Waals surface area contributed by atoms with Crippen LogP contribution in [-0.4, -0.2) is 10.9 Å². The van der Waals surface area contributed by atoms with Crippen LogP contribution in [0, 0.1) is 31.1 Å². The SMILES string of the molecule is CCc1c(C)nc2sc(NC(=O)C3CCCCC3)c(C#N)c2c1C. The summed E-state index contributed by atoms with van der Waals surface area (Å²) in [6.07, 6.45) is 6.26. The fourth-order valence-corrected chi connectivity index (χ4v) is 4.92. The second-order valence-corrected chi connectivity index (χ2v) is 7.58. The molecule has 4 nitrogen and oxygen atoms in total. The van der Waals surface area contributed by atoms with Crippen LogP contribution in [-0.2, 0) is 11.2 Å². The molecule has 3 rings (SSSR count). The monoisotopic (exact) mass is 341 g/mol. The largest absolute Gasteiger partial charge is 0.316 e. The number of hydrogen-bond acceptors (Lipinski definition) is 4. The molecule has 1 aliphatic carbocycles. The summed E-state index contributed by atoms with van der Waals surface area (Å²) < 4.78 is 0.